The average molecular weight is 336 g/mol. The Hall–Kier alpha value is -2.31. The van der Waals surface area contributed by atoms with Crippen molar-refractivity contribution in [1.29, 1.82) is 0 Å². The fourth-order valence-corrected chi connectivity index (χ4v) is 2.35. The molecule has 0 saturated carbocycles. The molecular formula is C17H24N2O5. The van der Waals surface area contributed by atoms with Gasteiger partial charge in [-0.3, -0.25) is 0 Å². The van der Waals surface area contributed by atoms with E-state index in [1.54, 1.807) is 17.0 Å². The van der Waals surface area contributed by atoms with E-state index in [9.17, 15) is 9.59 Å². The fraction of sp³-hybridized carbons (Fsp3) is 0.588. The zero-order chi connectivity index (χ0) is 17.7. The Kier molecular flexibility index (Phi) is 5.64. The van der Waals surface area contributed by atoms with Gasteiger partial charge in [0.05, 0.1) is 13.3 Å². The molecule has 1 fully saturated rings. The zero-order valence-corrected chi connectivity index (χ0v) is 14.6. The molecule has 2 heterocycles. The quantitative estimate of drug-likeness (QED) is 0.790. The van der Waals surface area contributed by atoms with Crippen molar-refractivity contribution in [2.45, 2.75) is 45.3 Å². The SMILES string of the molecule is COC(=O)c1ccc(OC2CCN(C(=O)OC(C)(C)C)CC2)cn1. The molecule has 0 bridgehead atoms. The molecule has 1 amide bonds. The smallest absolute Gasteiger partial charge is 0.410 e. The number of hydrogen-bond acceptors (Lipinski definition) is 6. The zero-order valence-electron chi connectivity index (χ0n) is 14.6. The summed E-state index contributed by atoms with van der Waals surface area (Å²) in [6.07, 6.45) is 2.67. The fourth-order valence-electron chi connectivity index (χ4n) is 2.35. The average Bonchev–Trinajstić information content (AvgIpc) is 2.54. The maximum atomic E-state index is 12.0. The number of likely N-dealkylation sites (tertiary alicyclic amines) is 1. The number of hydrogen-bond donors (Lipinski definition) is 0. The molecule has 1 aromatic rings. The van der Waals surface area contributed by atoms with Crippen molar-refractivity contribution >= 4 is 12.1 Å². The Morgan fingerprint density at radius 3 is 2.38 bits per heavy atom. The molecule has 0 N–H and O–H groups in total. The van der Waals surface area contributed by atoms with Crippen molar-refractivity contribution in [2.75, 3.05) is 20.2 Å². The van der Waals surface area contributed by atoms with Crippen LogP contribution in [0, 0.1) is 0 Å². The molecule has 1 saturated heterocycles. The second-order valence-electron chi connectivity index (χ2n) is 6.66. The lowest BCUT2D eigenvalue weighted by atomic mass is 10.1. The molecule has 1 aromatic heterocycles. The molecular weight excluding hydrogens is 312 g/mol. The molecule has 132 valence electrons. The molecule has 0 spiro atoms. The number of esters is 1. The first kappa shape index (κ1) is 18.0. The van der Waals surface area contributed by atoms with E-state index in [0.29, 0.717) is 18.8 Å². The van der Waals surface area contributed by atoms with Crippen LogP contribution in [0.1, 0.15) is 44.1 Å². The monoisotopic (exact) mass is 336 g/mol. The molecule has 7 nitrogen and oxygen atoms in total. The van der Waals surface area contributed by atoms with E-state index in [4.69, 9.17) is 9.47 Å². The van der Waals surface area contributed by atoms with Crippen molar-refractivity contribution in [3.05, 3.63) is 24.0 Å². The molecule has 24 heavy (non-hydrogen) atoms. The van der Waals surface area contributed by atoms with E-state index in [0.717, 1.165) is 12.8 Å². The molecule has 0 unspecified atom stereocenters. The van der Waals surface area contributed by atoms with Crippen molar-refractivity contribution < 1.29 is 23.8 Å². The van der Waals surface area contributed by atoms with Gasteiger partial charge in [-0.15, -0.1) is 0 Å². The van der Waals surface area contributed by atoms with Gasteiger partial charge in [0, 0.05) is 25.9 Å². The van der Waals surface area contributed by atoms with E-state index in [1.807, 2.05) is 20.8 Å². The number of amides is 1. The summed E-state index contributed by atoms with van der Waals surface area (Å²) in [5.41, 5.74) is -0.248. The number of ether oxygens (including phenoxy) is 3. The Bertz CT molecular complexity index is 572. The van der Waals surface area contributed by atoms with Gasteiger partial charge in [0.2, 0.25) is 0 Å². The molecule has 0 atom stereocenters. The Balaban J connectivity index is 1.82. The number of methoxy groups -OCH3 is 1. The third kappa shape index (κ3) is 5.11. The van der Waals surface area contributed by atoms with Gasteiger partial charge in [0.1, 0.15) is 23.1 Å². The first-order valence-electron chi connectivity index (χ1n) is 7.97. The second kappa shape index (κ2) is 7.51. The van der Waals surface area contributed by atoms with Gasteiger partial charge in [-0.05, 0) is 32.9 Å². The summed E-state index contributed by atoms with van der Waals surface area (Å²) in [6, 6.07) is 3.26. The van der Waals surface area contributed by atoms with Crippen LogP contribution in [-0.2, 0) is 9.47 Å². The number of carbonyl (C=O) groups is 2. The summed E-state index contributed by atoms with van der Waals surface area (Å²) in [5, 5.41) is 0. The van der Waals surface area contributed by atoms with Gasteiger partial charge in [-0.25, -0.2) is 14.6 Å². The minimum atomic E-state index is -0.489. The van der Waals surface area contributed by atoms with Crippen molar-refractivity contribution in [3.8, 4) is 5.75 Å². The summed E-state index contributed by atoms with van der Waals surface area (Å²) in [6.45, 7) is 6.74. The molecule has 0 aromatic carbocycles. The lowest BCUT2D eigenvalue weighted by Gasteiger charge is -2.33. The van der Waals surface area contributed by atoms with Crippen LogP contribution in [0.3, 0.4) is 0 Å². The van der Waals surface area contributed by atoms with Gasteiger partial charge in [-0.1, -0.05) is 0 Å². The van der Waals surface area contributed by atoms with Crippen molar-refractivity contribution in [2.24, 2.45) is 0 Å². The molecule has 7 heteroatoms. The molecule has 1 aliphatic rings. The summed E-state index contributed by atoms with van der Waals surface area (Å²) < 4.78 is 15.8. The third-order valence-electron chi connectivity index (χ3n) is 3.53. The number of aromatic nitrogens is 1. The molecule has 2 rings (SSSR count). The standard InChI is InChI=1S/C17H24N2O5/c1-17(2,3)24-16(21)19-9-7-12(8-10-19)23-13-5-6-14(18-11-13)15(20)22-4/h5-6,11-12H,7-10H2,1-4H3. The highest BCUT2D eigenvalue weighted by Gasteiger charge is 2.27. The summed E-state index contributed by atoms with van der Waals surface area (Å²) in [7, 11) is 1.31. The summed E-state index contributed by atoms with van der Waals surface area (Å²) in [5.74, 6) is 0.116. The van der Waals surface area contributed by atoms with E-state index in [1.165, 1.54) is 13.3 Å². The van der Waals surface area contributed by atoms with E-state index >= 15 is 0 Å². The van der Waals surface area contributed by atoms with Crippen LogP contribution in [0.2, 0.25) is 0 Å². The molecule has 0 aliphatic carbocycles. The van der Waals surface area contributed by atoms with Gasteiger partial charge in [-0.2, -0.15) is 0 Å². The Labute approximate surface area is 141 Å². The van der Waals surface area contributed by atoms with Crippen molar-refractivity contribution in [1.82, 2.24) is 9.88 Å². The van der Waals surface area contributed by atoms with E-state index in [-0.39, 0.29) is 17.9 Å². The van der Waals surface area contributed by atoms with Crippen LogP contribution in [0.15, 0.2) is 18.3 Å². The normalized spacial score (nSPS) is 15.8. The maximum absolute atomic E-state index is 12.0. The highest BCUT2D eigenvalue weighted by atomic mass is 16.6. The number of piperidine rings is 1. The Morgan fingerprint density at radius 1 is 1.21 bits per heavy atom. The van der Waals surface area contributed by atoms with Crippen LogP contribution in [0.4, 0.5) is 4.79 Å². The highest BCUT2D eigenvalue weighted by molar-refractivity contribution is 5.87. The maximum Gasteiger partial charge on any atom is 0.410 e. The molecule has 0 radical (unpaired) electrons. The predicted octanol–water partition coefficient (Wildman–Crippen LogP) is 2.65. The number of nitrogens with zero attached hydrogens (tertiary/aromatic N) is 2. The predicted molar refractivity (Wildman–Crippen MR) is 87.0 cm³/mol. The van der Waals surface area contributed by atoms with Gasteiger partial charge in [0.15, 0.2) is 0 Å². The lowest BCUT2D eigenvalue weighted by Crippen LogP contribution is -2.44. The first-order valence-corrected chi connectivity index (χ1v) is 7.97. The third-order valence-corrected chi connectivity index (χ3v) is 3.53. The van der Waals surface area contributed by atoms with Crippen LogP contribution < -0.4 is 4.74 Å². The topological polar surface area (TPSA) is 78.0 Å². The number of carbonyl (C=O) groups excluding carboxylic acids is 2. The van der Waals surface area contributed by atoms with E-state index in [2.05, 4.69) is 9.72 Å². The van der Waals surface area contributed by atoms with Crippen LogP contribution in [0.5, 0.6) is 5.75 Å². The largest absolute Gasteiger partial charge is 0.489 e. The summed E-state index contributed by atoms with van der Waals surface area (Å²) in [4.78, 5) is 29.1. The van der Waals surface area contributed by atoms with Gasteiger partial charge in [0.25, 0.3) is 0 Å². The van der Waals surface area contributed by atoms with Crippen LogP contribution >= 0.6 is 0 Å². The minimum absolute atomic E-state index is 0.00876. The lowest BCUT2D eigenvalue weighted by molar-refractivity contribution is 0.0126. The second-order valence-corrected chi connectivity index (χ2v) is 6.66. The van der Waals surface area contributed by atoms with Crippen LogP contribution in [-0.4, -0.2) is 53.9 Å². The van der Waals surface area contributed by atoms with Crippen molar-refractivity contribution in [3.63, 3.8) is 0 Å². The van der Waals surface area contributed by atoms with E-state index < -0.39 is 11.6 Å². The number of rotatable bonds is 3. The van der Waals surface area contributed by atoms with Gasteiger partial charge < -0.3 is 19.1 Å². The number of pyridine rings is 1. The minimum Gasteiger partial charge on any atom is -0.489 e. The van der Waals surface area contributed by atoms with Gasteiger partial charge >= 0.3 is 12.1 Å². The van der Waals surface area contributed by atoms with Crippen LogP contribution in [0.25, 0.3) is 0 Å². The first-order chi connectivity index (χ1) is 11.3. The summed E-state index contributed by atoms with van der Waals surface area (Å²) >= 11 is 0. The highest BCUT2D eigenvalue weighted by Crippen LogP contribution is 2.20. The molecule has 1 aliphatic heterocycles. The Morgan fingerprint density at radius 2 is 1.88 bits per heavy atom.